The van der Waals surface area contributed by atoms with Crippen LogP contribution in [0.5, 0.6) is 17.2 Å². The van der Waals surface area contributed by atoms with E-state index in [4.69, 9.17) is 15.2 Å². The van der Waals surface area contributed by atoms with Gasteiger partial charge in [-0.2, -0.15) is 0 Å². The fraction of sp³-hybridized carbons (Fsp3) is 0.100. The first-order valence-electron chi connectivity index (χ1n) is 7.60. The van der Waals surface area contributed by atoms with E-state index in [9.17, 15) is 5.11 Å². The van der Waals surface area contributed by atoms with Crippen molar-refractivity contribution in [3.63, 3.8) is 0 Å². The van der Waals surface area contributed by atoms with E-state index in [-0.39, 0.29) is 5.75 Å². The number of nitrogen functional groups attached to an aromatic ring is 1. The molecule has 0 amide bonds. The van der Waals surface area contributed by atoms with Gasteiger partial charge in [0.25, 0.3) is 0 Å². The molecule has 0 radical (unpaired) electrons. The fourth-order valence-corrected chi connectivity index (χ4v) is 2.41. The second-order valence-corrected chi connectivity index (χ2v) is 5.44. The van der Waals surface area contributed by atoms with Crippen molar-refractivity contribution < 1.29 is 14.6 Å². The van der Waals surface area contributed by atoms with Crippen LogP contribution in [0.25, 0.3) is 11.1 Å². The highest BCUT2D eigenvalue weighted by Crippen LogP contribution is 2.26. The second kappa shape index (κ2) is 6.96. The Kier molecular flexibility index (Phi) is 4.57. The molecule has 0 fully saturated rings. The monoisotopic (exact) mass is 321 g/mol. The van der Waals surface area contributed by atoms with Crippen molar-refractivity contribution in [3.05, 3.63) is 72.3 Å². The van der Waals surface area contributed by atoms with E-state index in [0.29, 0.717) is 18.0 Å². The summed E-state index contributed by atoms with van der Waals surface area (Å²) in [6.07, 6.45) is 0. The van der Waals surface area contributed by atoms with Crippen LogP contribution in [0, 0.1) is 0 Å². The molecule has 0 saturated heterocycles. The molecule has 4 nitrogen and oxygen atoms in total. The SMILES string of the molecule is COc1ccc(-c2cccc(COc3ccc(O)c(N)c3)c2)cc1. The first-order chi connectivity index (χ1) is 11.7. The minimum Gasteiger partial charge on any atom is -0.506 e. The first-order valence-corrected chi connectivity index (χ1v) is 7.60. The zero-order valence-corrected chi connectivity index (χ0v) is 13.4. The number of aromatic hydroxyl groups is 1. The van der Waals surface area contributed by atoms with Crippen molar-refractivity contribution in [3.8, 4) is 28.4 Å². The van der Waals surface area contributed by atoms with Gasteiger partial charge in [0.05, 0.1) is 12.8 Å². The van der Waals surface area contributed by atoms with E-state index in [1.54, 1.807) is 19.2 Å². The number of hydrogen-bond acceptors (Lipinski definition) is 4. The molecule has 0 aliphatic carbocycles. The Morgan fingerprint density at radius 2 is 1.62 bits per heavy atom. The van der Waals surface area contributed by atoms with Crippen LogP contribution in [0.2, 0.25) is 0 Å². The lowest BCUT2D eigenvalue weighted by Crippen LogP contribution is -1.96. The van der Waals surface area contributed by atoms with E-state index in [2.05, 4.69) is 12.1 Å². The molecule has 4 heteroatoms. The highest BCUT2D eigenvalue weighted by atomic mass is 16.5. The number of rotatable bonds is 5. The Balaban J connectivity index is 1.73. The maximum absolute atomic E-state index is 9.44. The van der Waals surface area contributed by atoms with E-state index in [1.807, 2.05) is 36.4 Å². The van der Waals surface area contributed by atoms with Crippen molar-refractivity contribution >= 4 is 5.69 Å². The highest BCUT2D eigenvalue weighted by molar-refractivity contribution is 5.65. The molecular formula is C20H19NO3. The maximum Gasteiger partial charge on any atom is 0.138 e. The molecule has 3 rings (SSSR count). The zero-order chi connectivity index (χ0) is 16.9. The molecule has 0 aliphatic rings. The molecular weight excluding hydrogens is 302 g/mol. The normalized spacial score (nSPS) is 10.4. The van der Waals surface area contributed by atoms with Gasteiger partial charge in [0.1, 0.15) is 23.9 Å². The Morgan fingerprint density at radius 1 is 0.875 bits per heavy atom. The van der Waals surface area contributed by atoms with Crippen molar-refractivity contribution in [2.45, 2.75) is 6.61 Å². The van der Waals surface area contributed by atoms with Gasteiger partial charge in [0.15, 0.2) is 0 Å². The van der Waals surface area contributed by atoms with Crippen LogP contribution in [0.15, 0.2) is 66.7 Å². The van der Waals surface area contributed by atoms with Gasteiger partial charge in [-0.05, 0) is 47.0 Å². The Morgan fingerprint density at radius 3 is 2.33 bits per heavy atom. The summed E-state index contributed by atoms with van der Waals surface area (Å²) in [6.45, 7) is 0.425. The third kappa shape index (κ3) is 3.60. The Labute approximate surface area is 141 Å². The topological polar surface area (TPSA) is 64.7 Å². The Hall–Kier alpha value is -3.14. The Bertz CT molecular complexity index is 829. The summed E-state index contributed by atoms with van der Waals surface area (Å²) < 4.78 is 10.9. The van der Waals surface area contributed by atoms with E-state index < -0.39 is 0 Å². The predicted molar refractivity (Wildman–Crippen MR) is 95.3 cm³/mol. The smallest absolute Gasteiger partial charge is 0.138 e. The van der Waals surface area contributed by atoms with Crippen LogP contribution in [-0.2, 0) is 6.61 Å². The van der Waals surface area contributed by atoms with Gasteiger partial charge in [0, 0.05) is 6.07 Å². The number of methoxy groups -OCH3 is 1. The molecule has 0 aliphatic heterocycles. The number of phenols is 1. The van der Waals surface area contributed by atoms with Crippen LogP contribution in [0.4, 0.5) is 5.69 Å². The summed E-state index contributed by atoms with van der Waals surface area (Å²) in [5.74, 6) is 1.52. The summed E-state index contributed by atoms with van der Waals surface area (Å²) in [6, 6.07) is 20.9. The van der Waals surface area contributed by atoms with E-state index in [1.165, 1.54) is 6.07 Å². The fourth-order valence-electron chi connectivity index (χ4n) is 2.41. The van der Waals surface area contributed by atoms with Gasteiger partial charge in [-0.3, -0.25) is 0 Å². The van der Waals surface area contributed by atoms with Crippen LogP contribution in [-0.4, -0.2) is 12.2 Å². The number of phenolic OH excluding ortho intramolecular Hbond substituents is 1. The largest absolute Gasteiger partial charge is 0.506 e. The minimum absolute atomic E-state index is 0.0591. The summed E-state index contributed by atoms with van der Waals surface area (Å²) >= 11 is 0. The molecule has 3 aromatic carbocycles. The quantitative estimate of drug-likeness (QED) is 0.545. The summed E-state index contributed by atoms with van der Waals surface area (Å²) in [5.41, 5.74) is 9.26. The molecule has 0 bridgehead atoms. The van der Waals surface area contributed by atoms with Crippen LogP contribution >= 0.6 is 0 Å². The maximum atomic E-state index is 9.44. The second-order valence-electron chi connectivity index (χ2n) is 5.44. The van der Waals surface area contributed by atoms with Gasteiger partial charge in [-0.25, -0.2) is 0 Å². The third-order valence-electron chi connectivity index (χ3n) is 3.75. The van der Waals surface area contributed by atoms with Gasteiger partial charge in [-0.15, -0.1) is 0 Å². The summed E-state index contributed by atoms with van der Waals surface area (Å²) in [4.78, 5) is 0. The molecule has 3 N–H and O–H groups in total. The summed E-state index contributed by atoms with van der Waals surface area (Å²) in [5, 5.41) is 9.44. The van der Waals surface area contributed by atoms with Crippen molar-refractivity contribution in [2.24, 2.45) is 0 Å². The lowest BCUT2D eigenvalue weighted by atomic mass is 10.0. The lowest BCUT2D eigenvalue weighted by Gasteiger charge is -2.09. The van der Waals surface area contributed by atoms with E-state index >= 15 is 0 Å². The summed E-state index contributed by atoms with van der Waals surface area (Å²) in [7, 11) is 1.66. The van der Waals surface area contributed by atoms with E-state index in [0.717, 1.165) is 22.4 Å². The number of ether oxygens (including phenoxy) is 2. The van der Waals surface area contributed by atoms with Crippen LogP contribution in [0.1, 0.15) is 5.56 Å². The number of benzene rings is 3. The zero-order valence-electron chi connectivity index (χ0n) is 13.4. The molecule has 0 atom stereocenters. The number of anilines is 1. The van der Waals surface area contributed by atoms with Gasteiger partial charge < -0.3 is 20.3 Å². The molecule has 0 heterocycles. The van der Waals surface area contributed by atoms with Crippen LogP contribution in [0.3, 0.4) is 0 Å². The molecule has 0 aromatic heterocycles. The predicted octanol–water partition coefficient (Wildman–Crippen LogP) is 4.23. The average molecular weight is 321 g/mol. The molecule has 122 valence electrons. The number of hydrogen-bond donors (Lipinski definition) is 2. The lowest BCUT2D eigenvalue weighted by molar-refractivity contribution is 0.306. The highest BCUT2D eigenvalue weighted by Gasteiger charge is 2.03. The molecule has 0 saturated carbocycles. The molecule has 0 spiro atoms. The van der Waals surface area contributed by atoms with Gasteiger partial charge in [-0.1, -0.05) is 30.3 Å². The number of nitrogens with two attached hydrogens (primary N) is 1. The standard InChI is InChI=1S/C20H19NO3/c1-23-17-7-5-15(6-8-17)16-4-2-3-14(11-16)13-24-18-9-10-20(22)19(21)12-18/h2-12,22H,13,21H2,1H3. The molecule has 3 aromatic rings. The first kappa shape index (κ1) is 15.7. The van der Waals surface area contributed by atoms with Gasteiger partial charge in [0.2, 0.25) is 0 Å². The van der Waals surface area contributed by atoms with Crippen molar-refractivity contribution in [1.29, 1.82) is 0 Å². The average Bonchev–Trinajstić information content (AvgIpc) is 2.63. The van der Waals surface area contributed by atoms with Crippen molar-refractivity contribution in [2.75, 3.05) is 12.8 Å². The molecule has 24 heavy (non-hydrogen) atoms. The minimum atomic E-state index is 0.0591. The molecule has 0 unspecified atom stereocenters. The third-order valence-corrected chi connectivity index (χ3v) is 3.75. The van der Waals surface area contributed by atoms with Crippen molar-refractivity contribution in [1.82, 2.24) is 0 Å². The van der Waals surface area contributed by atoms with Crippen LogP contribution < -0.4 is 15.2 Å². The van der Waals surface area contributed by atoms with Gasteiger partial charge >= 0.3 is 0 Å².